The van der Waals surface area contributed by atoms with Crippen LogP contribution in [0, 0.1) is 17.8 Å². The molecule has 1 unspecified atom stereocenters. The van der Waals surface area contributed by atoms with E-state index in [1.165, 1.54) is 13.8 Å². The van der Waals surface area contributed by atoms with Crippen LogP contribution in [0.15, 0.2) is 24.3 Å². The summed E-state index contributed by atoms with van der Waals surface area (Å²) >= 11 is 0. The number of aliphatic carboxylic acids is 1. The highest BCUT2D eigenvalue weighted by atomic mass is 16.5. The number of amides is 2. The molecule has 174 valence electrons. The van der Waals surface area contributed by atoms with Crippen molar-refractivity contribution in [3.05, 3.63) is 29.8 Å². The third-order valence-corrected chi connectivity index (χ3v) is 8.04. The molecule has 0 aromatic heterocycles. The molecule has 7 atom stereocenters. The number of anilines is 1. The van der Waals surface area contributed by atoms with Crippen molar-refractivity contribution in [3.63, 3.8) is 0 Å². The van der Waals surface area contributed by atoms with Crippen LogP contribution in [0.4, 0.5) is 5.69 Å². The summed E-state index contributed by atoms with van der Waals surface area (Å²) in [6.07, 6.45) is -0.687. The molecule has 1 saturated heterocycles. The molecule has 2 aliphatic heterocycles. The first kappa shape index (κ1) is 22.7. The number of benzene rings is 1. The largest absolute Gasteiger partial charge is 0.550 e. The van der Waals surface area contributed by atoms with E-state index in [0.717, 1.165) is 11.3 Å². The molecule has 4 rings (SSSR count). The van der Waals surface area contributed by atoms with Gasteiger partial charge in [0.25, 0.3) is 0 Å². The Hall–Kier alpha value is -2.45. The Balaban J connectivity index is 1.86. The quantitative estimate of drug-likeness (QED) is 0.717. The molecule has 1 aromatic rings. The van der Waals surface area contributed by atoms with Gasteiger partial charge in [0.2, 0.25) is 11.8 Å². The zero-order valence-corrected chi connectivity index (χ0v) is 19.0. The number of hydrogen-bond donors (Lipinski definition) is 1. The van der Waals surface area contributed by atoms with E-state index in [1.54, 1.807) is 23.8 Å². The summed E-state index contributed by atoms with van der Waals surface area (Å²) in [5, 5.41) is 23.7. The number of para-hydroxylation sites is 1. The van der Waals surface area contributed by atoms with Gasteiger partial charge in [-0.05, 0) is 37.3 Å². The first-order valence-corrected chi connectivity index (χ1v) is 11.2. The van der Waals surface area contributed by atoms with Gasteiger partial charge >= 0.3 is 0 Å². The summed E-state index contributed by atoms with van der Waals surface area (Å²) in [4.78, 5) is 40.2. The molecule has 1 aliphatic carbocycles. The van der Waals surface area contributed by atoms with Crippen molar-refractivity contribution >= 4 is 23.5 Å². The lowest BCUT2D eigenvalue weighted by Crippen LogP contribution is -2.67. The second kappa shape index (κ2) is 8.15. The number of aliphatic hydroxyl groups is 1. The number of carboxylic acids is 1. The Bertz CT molecular complexity index is 935. The Morgan fingerprint density at radius 1 is 1.25 bits per heavy atom. The van der Waals surface area contributed by atoms with Gasteiger partial charge in [0.1, 0.15) is 0 Å². The molecule has 0 radical (unpaired) electrons. The van der Waals surface area contributed by atoms with E-state index in [4.69, 9.17) is 4.74 Å². The van der Waals surface area contributed by atoms with E-state index in [0.29, 0.717) is 19.6 Å². The lowest BCUT2D eigenvalue weighted by Gasteiger charge is -2.57. The predicted octanol–water partition coefficient (Wildman–Crippen LogP) is 0.310. The van der Waals surface area contributed by atoms with Crippen molar-refractivity contribution in [1.82, 2.24) is 4.90 Å². The number of carboxylic acid groups (broad SMARTS) is 1. The van der Waals surface area contributed by atoms with Crippen molar-refractivity contribution < 1.29 is 29.3 Å². The summed E-state index contributed by atoms with van der Waals surface area (Å²) in [5.74, 6) is -2.95. The Labute approximate surface area is 188 Å². The summed E-state index contributed by atoms with van der Waals surface area (Å²) in [6.45, 7) is 5.41. The van der Waals surface area contributed by atoms with E-state index in [2.05, 4.69) is 0 Å². The Morgan fingerprint density at radius 2 is 1.94 bits per heavy atom. The lowest BCUT2D eigenvalue weighted by molar-refractivity contribution is -0.322. The standard InChI is InChI=1S/C24H32N2O6/c1-13-21(23(30)31)16-11-20(29)24(9-10-25(4)14(2)27)18-7-5-6-8-19(18)26(15(3)28)22(24)17(16)12-32-13/h5-8,13,16-17,20-22,29H,9-12H2,1-4H3,(H,30,31)/p-1/t13-,16-,17-,20?,21+,22+,24-/m1/s1. The number of hydrogen-bond acceptors (Lipinski definition) is 6. The lowest BCUT2D eigenvalue weighted by atomic mass is 9.54. The number of aliphatic hydroxyl groups excluding tert-OH is 1. The maximum Gasteiger partial charge on any atom is 0.224 e. The van der Waals surface area contributed by atoms with Gasteiger partial charge in [-0.15, -0.1) is 0 Å². The highest BCUT2D eigenvalue weighted by Crippen LogP contribution is 2.59. The summed E-state index contributed by atoms with van der Waals surface area (Å²) in [5.41, 5.74) is 0.777. The minimum Gasteiger partial charge on any atom is -0.550 e. The molecule has 8 heteroatoms. The highest BCUT2D eigenvalue weighted by Gasteiger charge is 2.64. The smallest absolute Gasteiger partial charge is 0.224 e. The van der Waals surface area contributed by atoms with Crippen molar-refractivity contribution in [2.45, 2.75) is 57.3 Å². The number of ether oxygens (including phenoxy) is 1. The number of carbonyl (C=O) groups excluding carboxylic acids is 3. The van der Waals surface area contributed by atoms with Gasteiger partial charge in [0.05, 0.1) is 24.9 Å². The van der Waals surface area contributed by atoms with Gasteiger partial charge in [-0.2, -0.15) is 0 Å². The molecule has 2 heterocycles. The maximum absolute atomic E-state index is 12.9. The zero-order chi connectivity index (χ0) is 23.4. The second-order valence-electron chi connectivity index (χ2n) is 9.54. The minimum atomic E-state index is -1.19. The topological polar surface area (TPSA) is 110 Å². The summed E-state index contributed by atoms with van der Waals surface area (Å²) < 4.78 is 5.90. The molecule has 3 aliphatic rings. The number of carbonyl (C=O) groups is 3. The molecule has 0 spiro atoms. The normalized spacial score (nSPS) is 35.5. The molecule has 1 aromatic carbocycles. The first-order chi connectivity index (χ1) is 15.1. The van der Waals surface area contributed by atoms with E-state index in [-0.39, 0.29) is 30.1 Å². The van der Waals surface area contributed by atoms with Crippen LogP contribution in [0.2, 0.25) is 0 Å². The third-order valence-electron chi connectivity index (χ3n) is 8.04. The molecular weight excluding hydrogens is 412 g/mol. The van der Waals surface area contributed by atoms with Gasteiger partial charge in [0, 0.05) is 56.3 Å². The molecule has 2 amide bonds. The zero-order valence-electron chi connectivity index (χ0n) is 19.0. The summed E-state index contributed by atoms with van der Waals surface area (Å²) in [6, 6.07) is 7.08. The Morgan fingerprint density at radius 3 is 2.56 bits per heavy atom. The average Bonchev–Trinajstić information content (AvgIpc) is 3.03. The van der Waals surface area contributed by atoms with Crippen LogP contribution >= 0.6 is 0 Å². The van der Waals surface area contributed by atoms with Gasteiger partial charge < -0.3 is 29.5 Å². The molecule has 2 fully saturated rings. The van der Waals surface area contributed by atoms with Gasteiger partial charge in [-0.1, -0.05) is 18.2 Å². The van der Waals surface area contributed by atoms with E-state index >= 15 is 0 Å². The predicted molar refractivity (Wildman–Crippen MR) is 115 cm³/mol. The van der Waals surface area contributed by atoms with Crippen LogP contribution in [-0.4, -0.2) is 66.2 Å². The monoisotopic (exact) mass is 443 g/mol. The van der Waals surface area contributed by atoms with Crippen LogP contribution in [0.5, 0.6) is 0 Å². The maximum atomic E-state index is 12.9. The van der Waals surface area contributed by atoms with Gasteiger partial charge in [-0.25, -0.2) is 0 Å². The SMILES string of the molecule is CC(=O)N(C)CC[C@]12c3ccccc3N(C(C)=O)[C@H]1[C@@H]1CO[C@H](C)[C@H](C(=O)[O-])[C@@H]1CC2O. The fourth-order valence-corrected chi connectivity index (χ4v) is 6.48. The van der Waals surface area contributed by atoms with Crippen LogP contribution in [0.3, 0.4) is 0 Å². The molecule has 0 bridgehead atoms. The van der Waals surface area contributed by atoms with Crippen molar-refractivity contribution in [1.29, 1.82) is 0 Å². The fraction of sp³-hybridized carbons (Fsp3) is 0.625. The first-order valence-electron chi connectivity index (χ1n) is 11.2. The van der Waals surface area contributed by atoms with Gasteiger partial charge in [0.15, 0.2) is 0 Å². The molecular formula is C24H31N2O6-. The highest BCUT2D eigenvalue weighted by molar-refractivity contribution is 5.96. The van der Waals surface area contributed by atoms with Gasteiger partial charge in [-0.3, -0.25) is 9.59 Å². The number of fused-ring (bicyclic) bond motifs is 5. The van der Waals surface area contributed by atoms with Crippen molar-refractivity contribution in [3.8, 4) is 0 Å². The summed E-state index contributed by atoms with van der Waals surface area (Å²) in [7, 11) is 1.72. The average molecular weight is 444 g/mol. The van der Waals surface area contributed by atoms with E-state index < -0.39 is 35.6 Å². The molecule has 32 heavy (non-hydrogen) atoms. The van der Waals surface area contributed by atoms with Crippen molar-refractivity contribution in [2.24, 2.45) is 17.8 Å². The third kappa shape index (κ3) is 3.23. The minimum absolute atomic E-state index is 0.0809. The number of nitrogens with zero attached hydrogens (tertiary/aromatic N) is 2. The Kier molecular flexibility index (Phi) is 5.79. The molecule has 1 N–H and O–H groups in total. The van der Waals surface area contributed by atoms with Crippen LogP contribution in [0.25, 0.3) is 0 Å². The van der Waals surface area contributed by atoms with Crippen LogP contribution in [0.1, 0.15) is 39.2 Å². The molecule has 1 saturated carbocycles. The fourth-order valence-electron chi connectivity index (χ4n) is 6.48. The van der Waals surface area contributed by atoms with Crippen molar-refractivity contribution in [2.75, 3.05) is 25.1 Å². The second-order valence-corrected chi connectivity index (χ2v) is 9.54. The number of rotatable bonds is 4. The molecule has 8 nitrogen and oxygen atoms in total. The van der Waals surface area contributed by atoms with Crippen LogP contribution < -0.4 is 10.0 Å². The van der Waals surface area contributed by atoms with Crippen LogP contribution in [-0.2, 0) is 24.5 Å². The van der Waals surface area contributed by atoms with E-state index in [1.807, 2.05) is 24.3 Å². The van der Waals surface area contributed by atoms with E-state index in [9.17, 15) is 24.6 Å².